The van der Waals surface area contributed by atoms with Gasteiger partial charge in [0, 0.05) is 0 Å². The predicted octanol–water partition coefficient (Wildman–Crippen LogP) is 3.77. The van der Waals surface area contributed by atoms with Gasteiger partial charge in [-0.3, -0.25) is 0 Å². The molecule has 0 aromatic rings. The van der Waals surface area contributed by atoms with Crippen molar-refractivity contribution in [2.45, 2.75) is 31.6 Å². The summed E-state index contributed by atoms with van der Waals surface area (Å²) < 4.78 is 75.0. The lowest BCUT2D eigenvalue weighted by molar-refractivity contribution is -0.265. The van der Waals surface area contributed by atoms with Crippen molar-refractivity contribution in [2.75, 3.05) is 0 Å². The lowest BCUT2D eigenvalue weighted by atomic mass is 9.78. The van der Waals surface area contributed by atoms with Gasteiger partial charge in [0.2, 0.25) is 0 Å². The van der Waals surface area contributed by atoms with E-state index < -0.39 is 36.0 Å². The molecule has 0 amide bonds. The maximum Gasteiger partial charge on any atom is 0.392 e. The zero-order chi connectivity index (χ0) is 11.4. The molecule has 2 saturated carbocycles. The van der Waals surface area contributed by atoms with E-state index in [2.05, 4.69) is 0 Å². The van der Waals surface area contributed by atoms with Crippen molar-refractivity contribution in [3.8, 4) is 0 Å². The lowest BCUT2D eigenvalue weighted by Gasteiger charge is -2.33. The van der Waals surface area contributed by atoms with Gasteiger partial charge < -0.3 is 0 Å². The summed E-state index contributed by atoms with van der Waals surface area (Å²) in [5.41, 5.74) is 0. The normalized spacial score (nSPS) is 41.2. The third-order valence-electron chi connectivity index (χ3n) is 3.67. The molecular weight excluding hydrogens is 222 g/mol. The van der Waals surface area contributed by atoms with Crippen LogP contribution in [0, 0.1) is 23.7 Å². The van der Waals surface area contributed by atoms with Crippen LogP contribution in [-0.2, 0) is 0 Å². The molecule has 15 heavy (non-hydrogen) atoms. The van der Waals surface area contributed by atoms with E-state index in [9.17, 15) is 26.3 Å². The number of hydrogen-bond acceptors (Lipinski definition) is 0. The van der Waals surface area contributed by atoms with Gasteiger partial charge in [-0.15, -0.1) is 0 Å². The third kappa shape index (κ3) is 1.72. The molecule has 2 aliphatic rings. The first kappa shape index (κ1) is 11.1. The van der Waals surface area contributed by atoms with Crippen LogP contribution in [0.3, 0.4) is 0 Å². The number of fused-ring (bicyclic) bond motifs is 2. The van der Waals surface area contributed by atoms with Crippen LogP contribution in [0.5, 0.6) is 0 Å². The first-order chi connectivity index (χ1) is 6.71. The second kappa shape index (κ2) is 3.04. The maximum absolute atomic E-state index is 12.5. The van der Waals surface area contributed by atoms with E-state index in [4.69, 9.17) is 0 Å². The molecule has 0 saturated heterocycles. The summed E-state index contributed by atoms with van der Waals surface area (Å²) in [5, 5.41) is 0. The Morgan fingerprint density at radius 3 is 1.27 bits per heavy atom. The molecule has 0 radical (unpaired) electrons. The fourth-order valence-corrected chi connectivity index (χ4v) is 3.23. The van der Waals surface area contributed by atoms with Gasteiger partial charge in [0.05, 0.1) is 11.8 Å². The molecule has 0 aliphatic heterocycles. The first-order valence-corrected chi connectivity index (χ1v) is 4.84. The Labute approximate surface area is 82.6 Å². The van der Waals surface area contributed by atoms with Crippen LogP contribution in [0.25, 0.3) is 0 Å². The third-order valence-corrected chi connectivity index (χ3v) is 3.67. The molecule has 0 nitrogen and oxygen atoms in total. The van der Waals surface area contributed by atoms with Crippen LogP contribution in [0.2, 0.25) is 0 Å². The van der Waals surface area contributed by atoms with Gasteiger partial charge >= 0.3 is 12.4 Å². The second-order valence-corrected chi connectivity index (χ2v) is 4.47. The summed E-state index contributed by atoms with van der Waals surface area (Å²) in [4.78, 5) is 0. The zero-order valence-corrected chi connectivity index (χ0v) is 7.70. The molecule has 2 rings (SSSR count). The van der Waals surface area contributed by atoms with Crippen molar-refractivity contribution in [3.63, 3.8) is 0 Å². The van der Waals surface area contributed by atoms with Crippen molar-refractivity contribution in [1.82, 2.24) is 0 Å². The monoisotopic (exact) mass is 232 g/mol. The van der Waals surface area contributed by atoms with E-state index in [1.165, 1.54) is 0 Å². The molecule has 0 aromatic heterocycles. The van der Waals surface area contributed by atoms with Crippen LogP contribution < -0.4 is 0 Å². The first-order valence-electron chi connectivity index (χ1n) is 4.84. The Morgan fingerprint density at radius 2 is 1.00 bits per heavy atom. The van der Waals surface area contributed by atoms with Crippen molar-refractivity contribution in [1.29, 1.82) is 0 Å². The highest BCUT2D eigenvalue weighted by atomic mass is 19.4. The summed E-state index contributed by atoms with van der Waals surface area (Å²) in [7, 11) is 0. The minimum absolute atomic E-state index is 0.0916. The minimum Gasteiger partial charge on any atom is -0.171 e. The molecular formula is C9H10F6. The molecule has 2 fully saturated rings. The Bertz CT molecular complexity index is 226. The molecule has 2 aliphatic carbocycles. The van der Waals surface area contributed by atoms with Crippen LogP contribution in [-0.4, -0.2) is 12.4 Å². The van der Waals surface area contributed by atoms with E-state index in [0.717, 1.165) is 0 Å². The van der Waals surface area contributed by atoms with Crippen LogP contribution >= 0.6 is 0 Å². The van der Waals surface area contributed by atoms with Gasteiger partial charge in [-0.1, -0.05) is 0 Å². The highest BCUT2D eigenvalue weighted by Crippen LogP contribution is 2.61. The van der Waals surface area contributed by atoms with Gasteiger partial charge in [0.25, 0.3) is 0 Å². The van der Waals surface area contributed by atoms with Crippen LogP contribution in [0.15, 0.2) is 0 Å². The summed E-state index contributed by atoms with van der Waals surface area (Å²) in [6.07, 6.45) is -8.74. The largest absolute Gasteiger partial charge is 0.392 e. The van der Waals surface area contributed by atoms with E-state index in [-0.39, 0.29) is 6.42 Å². The van der Waals surface area contributed by atoms with Crippen LogP contribution in [0.4, 0.5) is 26.3 Å². The topological polar surface area (TPSA) is 0 Å². The number of halogens is 6. The van der Waals surface area contributed by atoms with Gasteiger partial charge in [0.1, 0.15) is 0 Å². The van der Waals surface area contributed by atoms with E-state index in [1.807, 2.05) is 0 Å². The molecule has 0 heterocycles. The van der Waals surface area contributed by atoms with E-state index in [1.54, 1.807) is 0 Å². The van der Waals surface area contributed by atoms with E-state index >= 15 is 0 Å². The molecule has 0 aromatic carbocycles. The van der Waals surface area contributed by atoms with Gasteiger partial charge in [-0.25, -0.2) is 0 Å². The maximum atomic E-state index is 12.5. The fraction of sp³-hybridized carbons (Fsp3) is 1.00. The summed E-state index contributed by atoms with van der Waals surface area (Å²) >= 11 is 0. The zero-order valence-electron chi connectivity index (χ0n) is 7.70. The smallest absolute Gasteiger partial charge is 0.171 e. The average molecular weight is 232 g/mol. The lowest BCUT2D eigenvalue weighted by Crippen LogP contribution is -2.42. The Balaban J connectivity index is 2.28. The SMILES string of the molecule is FC(F)(F)C1C2CCC(C2)C1C(F)(F)F. The number of rotatable bonds is 0. The quantitative estimate of drug-likeness (QED) is 0.557. The van der Waals surface area contributed by atoms with Crippen molar-refractivity contribution in [3.05, 3.63) is 0 Å². The highest BCUT2D eigenvalue weighted by Gasteiger charge is 2.66. The van der Waals surface area contributed by atoms with Crippen molar-refractivity contribution in [2.24, 2.45) is 23.7 Å². The summed E-state index contributed by atoms with van der Waals surface area (Å²) in [6, 6.07) is 0. The predicted molar refractivity (Wildman–Crippen MR) is 39.9 cm³/mol. The van der Waals surface area contributed by atoms with Gasteiger partial charge in [-0.2, -0.15) is 26.3 Å². The Morgan fingerprint density at radius 1 is 0.667 bits per heavy atom. The summed E-state index contributed by atoms with van der Waals surface area (Å²) in [6.45, 7) is 0. The average Bonchev–Trinajstić information content (AvgIpc) is 2.56. The Hall–Kier alpha value is -0.420. The number of hydrogen-bond donors (Lipinski definition) is 0. The van der Waals surface area contributed by atoms with Gasteiger partial charge in [-0.05, 0) is 31.1 Å². The molecule has 0 N–H and O–H groups in total. The van der Waals surface area contributed by atoms with Crippen molar-refractivity contribution >= 4 is 0 Å². The van der Waals surface area contributed by atoms with Gasteiger partial charge in [0.15, 0.2) is 0 Å². The molecule has 4 unspecified atom stereocenters. The standard InChI is InChI=1S/C9H10F6/c10-8(11,12)6-4-1-2-5(3-4)7(6)9(13,14)15/h4-7H,1-3H2. The Kier molecular flexibility index (Phi) is 2.25. The molecule has 4 atom stereocenters. The summed E-state index contributed by atoms with van der Waals surface area (Å²) in [5.74, 6) is -5.92. The van der Waals surface area contributed by atoms with E-state index in [0.29, 0.717) is 12.8 Å². The fourth-order valence-electron chi connectivity index (χ4n) is 3.23. The molecule has 6 heteroatoms. The molecule has 2 bridgehead atoms. The highest BCUT2D eigenvalue weighted by molar-refractivity contribution is 5.01. The minimum atomic E-state index is -4.71. The van der Waals surface area contributed by atoms with Crippen LogP contribution in [0.1, 0.15) is 19.3 Å². The molecule has 0 spiro atoms. The van der Waals surface area contributed by atoms with Crippen molar-refractivity contribution < 1.29 is 26.3 Å². The molecule has 88 valence electrons. The number of alkyl halides is 6. The second-order valence-electron chi connectivity index (χ2n) is 4.47.